The van der Waals surface area contributed by atoms with Crippen LogP contribution in [0.3, 0.4) is 0 Å². The smallest absolute Gasteiger partial charge is 0.259 e. The van der Waals surface area contributed by atoms with Crippen LogP contribution in [0, 0.1) is 6.92 Å². The van der Waals surface area contributed by atoms with Gasteiger partial charge in [0.05, 0.1) is 6.10 Å². The van der Waals surface area contributed by atoms with Gasteiger partial charge in [-0.25, -0.2) is 18.1 Å². The zero-order chi connectivity index (χ0) is 17.7. The van der Waals surface area contributed by atoms with Crippen molar-refractivity contribution in [3.05, 3.63) is 47.9 Å². The first kappa shape index (κ1) is 18.6. The van der Waals surface area contributed by atoms with Crippen molar-refractivity contribution in [2.24, 2.45) is 0 Å². The van der Waals surface area contributed by atoms with Gasteiger partial charge in [0.2, 0.25) is 0 Å². The molecule has 2 atom stereocenters. The van der Waals surface area contributed by atoms with Gasteiger partial charge >= 0.3 is 0 Å². The van der Waals surface area contributed by atoms with Gasteiger partial charge in [0.1, 0.15) is 5.82 Å². The number of benzene rings is 1. The van der Waals surface area contributed by atoms with Gasteiger partial charge in [-0.1, -0.05) is 30.3 Å². The number of imidazole rings is 1. The number of aromatic nitrogens is 2. The molecule has 2 aromatic rings. The van der Waals surface area contributed by atoms with E-state index in [9.17, 15) is 13.5 Å². The Bertz CT molecular complexity index is 755. The zero-order valence-electron chi connectivity index (χ0n) is 14.3. The van der Waals surface area contributed by atoms with E-state index in [-0.39, 0.29) is 17.5 Å². The molecule has 0 aliphatic rings. The van der Waals surface area contributed by atoms with Gasteiger partial charge in [-0.05, 0) is 38.7 Å². The molecule has 1 aromatic heterocycles. The van der Waals surface area contributed by atoms with Gasteiger partial charge in [0.25, 0.3) is 10.0 Å². The third kappa shape index (κ3) is 4.66. The standard InChI is InChI=1S/C17H25N3O3S/c1-4-20-12-17(19-14(20)3)24(22,23)18-11-16(10-13(2)21)15-8-6-5-7-9-15/h5-9,12-13,16,18,21H,4,10-11H2,1-3H3/t13-,16+/m1/s1. The average Bonchev–Trinajstić information content (AvgIpc) is 2.94. The maximum absolute atomic E-state index is 12.5. The Balaban J connectivity index is 2.15. The summed E-state index contributed by atoms with van der Waals surface area (Å²) < 4.78 is 29.4. The molecule has 2 N–H and O–H groups in total. The van der Waals surface area contributed by atoms with Crippen molar-refractivity contribution >= 4 is 10.0 Å². The second-order valence-corrected chi connectivity index (χ2v) is 7.67. The highest BCUT2D eigenvalue weighted by Gasteiger charge is 2.22. The number of nitrogens with zero attached hydrogens (tertiary/aromatic N) is 2. The summed E-state index contributed by atoms with van der Waals surface area (Å²) in [5.41, 5.74) is 0.997. The van der Waals surface area contributed by atoms with E-state index in [1.165, 1.54) is 0 Å². The van der Waals surface area contributed by atoms with E-state index in [1.807, 2.05) is 37.3 Å². The van der Waals surface area contributed by atoms with Crippen LogP contribution in [0.1, 0.15) is 37.6 Å². The summed E-state index contributed by atoms with van der Waals surface area (Å²) in [7, 11) is -3.67. The summed E-state index contributed by atoms with van der Waals surface area (Å²) in [4.78, 5) is 4.13. The molecule has 0 saturated carbocycles. The first-order chi connectivity index (χ1) is 11.3. The zero-order valence-corrected chi connectivity index (χ0v) is 15.1. The van der Waals surface area contributed by atoms with E-state index in [1.54, 1.807) is 24.6 Å². The highest BCUT2D eigenvalue weighted by atomic mass is 32.2. The van der Waals surface area contributed by atoms with Gasteiger partial charge < -0.3 is 9.67 Å². The summed E-state index contributed by atoms with van der Waals surface area (Å²) in [5, 5.41) is 9.74. The first-order valence-electron chi connectivity index (χ1n) is 8.10. The summed E-state index contributed by atoms with van der Waals surface area (Å²) in [6.45, 7) is 6.31. The quantitative estimate of drug-likeness (QED) is 0.762. The molecule has 1 heterocycles. The summed E-state index contributed by atoms with van der Waals surface area (Å²) in [6, 6.07) is 9.61. The van der Waals surface area contributed by atoms with Crippen molar-refractivity contribution in [2.75, 3.05) is 6.54 Å². The number of rotatable bonds is 8. The van der Waals surface area contributed by atoms with Crippen molar-refractivity contribution in [3.63, 3.8) is 0 Å². The fourth-order valence-corrected chi connectivity index (χ4v) is 3.77. The molecule has 132 valence electrons. The van der Waals surface area contributed by atoms with E-state index < -0.39 is 16.1 Å². The Labute approximate surface area is 143 Å². The first-order valence-corrected chi connectivity index (χ1v) is 9.58. The molecule has 0 amide bonds. The lowest BCUT2D eigenvalue weighted by Crippen LogP contribution is -2.30. The lowest BCUT2D eigenvalue weighted by molar-refractivity contribution is 0.174. The van der Waals surface area contributed by atoms with E-state index in [2.05, 4.69) is 9.71 Å². The van der Waals surface area contributed by atoms with Crippen molar-refractivity contribution in [1.29, 1.82) is 0 Å². The lowest BCUT2D eigenvalue weighted by Gasteiger charge is -2.19. The molecular weight excluding hydrogens is 326 g/mol. The summed E-state index contributed by atoms with van der Waals surface area (Å²) in [6.07, 6.45) is 1.51. The normalized spacial score (nSPS) is 14.5. The molecule has 0 radical (unpaired) electrons. The summed E-state index contributed by atoms with van der Waals surface area (Å²) in [5.74, 6) is 0.566. The van der Waals surface area contributed by atoms with Crippen LogP contribution in [-0.4, -0.2) is 35.7 Å². The molecular formula is C17H25N3O3S. The predicted octanol–water partition coefficient (Wildman–Crippen LogP) is 2.04. The highest BCUT2D eigenvalue weighted by Crippen LogP contribution is 2.21. The number of hydrogen-bond donors (Lipinski definition) is 2. The topological polar surface area (TPSA) is 84.2 Å². The molecule has 0 fully saturated rings. The number of aliphatic hydroxyl groups is 1. The van der Waals surface area contributed by atoms with Gasteiger partial charge in [-0.15, -0.1) is 0 Å². The van der Waals surface area contributed by atoms with E-state index in [0.29, 0.717) is 18.8 Å². The average molecular weight is 351 g/mol. The minimum Gasteiger partial charge on any atom is -0.393 e. The molecule has 0 saturated heterocycles. The number of nitrogens with one attached hydrogen (secondary N) is 1. The van der Waals surface area contributed by atoms with Gasteiger partial charge in [-0.2, -0.15) is 0 Å². The second kappa shape index (κ2) is 7.92. The molecule has 7 heteroatoms. The van der Waals surface area contributed by atoms with Crippen molar-refractivity contribution in [2.45, 2.75) is 50.8 Å². The lowest BCUT2D eigenvalue weighted by atomic mass is 9.94. The number of hydrogen-bond acceptors (Lipinski definition) is 4. The molecule has 6 nitrogen and oxygen atoms in total. The molecule has 24 heavy (non-hydrogen) atoms. The Kier molecular flexibility index (Phi) is 6.15. The number of sulfonamides is 1. The molecule has 0 spiro atoms. The maximum atomic E-state index is 12.5. The highest BCUT2D eigenvalue weighted by molar-refractivity contribution is 7.89. The van der Waals surface area contributed by atoms with Crippen LogP contribution >= 0.6 is 0 Å². The van der Waals surface area contributed by atoms with Crippen LogP contribution < -0.4 is 4.72 Å². The molecule has 0 unspecified atom stereocenters. The van der Waals surface area contributed by atoms with Crippen LogP contribution in [0.5, 0.6) is 0 Å². The summed E-state index contributed by atoms with van der Waals surface area (Å²) >= 11 is 0. The molecule has 0 bridgehead atoms. The monoisotopic (exact) mass is 351 g/mol. The second-order valence-electron chi connectivity index (χ2n) is 5.96. The molecule has 2 rings (SSSR count). The molecule has 0 aliphatic heterocycles. The van der Waals surface area contributed by atoms with Crippen LogP contribution in [0.25, 0.3) is 0 Å². The fraction of sp³-hybridized carbons (Fsp3) is 0.471. The largest absolute Gasteiger partial charge is 0.393 e. The predicted molar refractivity (Wildman–Crippen MR) is 93.3 cm³/mol. The van der Waals surface area contributed by atoms with Gasteiger partial charge in [0, 0.05) is 19.3 Å². The van der Waals surface area contributed by atoms with Crippen molar-refractivity contribution in [3.8, 4) is 0 Å². The van der Waals surface area contributed by atoms with Crippen LogP contribution in [0.4, 0.5) is 0 Å². The molecule has 1 aromatic carbocycles. The van der Waals surface area contributed by atoms with E-state index >= 15 is 0 Å². The molecule has 0 aliphatic carbocycles. The third-order valence-electron chi connectivity index (χ3n) is 3.99. The van der Waals surface area contributed by atoms with Crippen LogP contribution in [0.15, 0.2) is 41.6 Å². The van der Waals surface area contributed by atoms with Gasteiger partial charge in [0.15, 0.2) is 5.03 Å². The minimum absolute atomic E-state index is 0.0331. The Morgan fingerprint density at radius 1 is 1.29 bits per heavy atom. The van der Waals surface area contributed by atoms with Crippen LogP contribution in [-0.2, 0) is 16.6 Å². The van der Waals surface area contributed by atoms with Gasteiger partial charge in [-0.3, -0.25) is 0 Å². The Morgan fingerprint density at radius 2 is 1.96 bits per heavy atom. The number of aryl methyl sites for hydroxylation is 2. The maximum Gasteiger partial charge on any atom is 0.259 e. The number of aliphatic hydroxyl groups excluding tert-OH is 1. The Hall–Kier alpha value is -1.70. The van der Waals surface area contributed by atoms with Crippen molar-refractivity contribution in [1.82, 2.24) is 14.3 Å². The van der Waals surface area contributed by atoms with Crippen LogP contribution in [0.2, 0.25) is 0 Å². The Morgan fingerprint density at radius 3 is 2.50 bits per heavy atom. The third-order valence-corrected chi connectivity index (χ3v) is 5.28. The fourth-order valence-electron chi connectivity index (χ4n) is 2.69. The van der Waals surface area contributed by atoms with E-state index in [0.717, 1.165) is 5.56 Å². The SMILES string of the molecule is CCn1cc(S(=O)(=O)NC[C@H](C[C@@H](C)O)c2ccccc2)nc1C. The van der Waals surface area contributed by atoms with Crippen molar-refractivity contribution < 1.29 is 13.5 Å². The van der Waals surface area contributed by atoms with E-state index in [4.69, 9.17) is 0 Å². The minimum atomic E-state index is -3.67.